The summed E-state index contributed by atoms with van der Waals surface area (Å²) < 4.78 is 10.6. The van der Waals surface area contributed by atoms with E-state index in [1.165, 1.54) is 0 Å². The molecule has 1 heterocycles. The second-order valence-electron chi connectivity index (χ2n) is 4.11. The van der Waals surface area contributed by atoms with Gasteiger partial charge in [-0.25, -0.2) is 0 Å². The molecule has 0 spiro atoms. The van der Waals surface area contributed by atoms with Crippen molar-refractivity contribution in [3.05, 3.63) is 53.6 Å². The van der Waals surface area contributed by atoms with Crippen molar-refractivity contribution in [2.45, 2.75) is 0 Å². The van der Waals surface area contributed by atoms with E-state index in [4.69, 9.17) is 15.2 Å². The van der Waals surface area contributed by atoms with Crippen molar-refractivity contribution in [3.8, 4) is 11.5 Å². The Balaban J connectivity index is 1.82. The molecule has 0 atom stereocenters. The Labute approximate surface area is 105 Å². The second kappa shape index (κ2) is 4.45. The molecular weight excluding hydrogens is 226 g/mol. The fourth-order valence-corrected chi connectivity index (χ4v) is 1.82. The fraction of sp³-hybridized carbons (Fsp3) is 0.0667. The second-order valence-corrected chi connectivity index (χ2v) is 4.11. The molecule has 18 heavy (non-hydrogen) atoms. The molecule has 0 bridgehead atoms. The molecule has 1 aliphatic rings. The van der Waals surface area contributed by atoms with Crippen molar-refractivity contribution in [2.75, 3.05) is 12.5 Å². The Bertz CT molecular complexity index is 588. The van der Waals surface area contributed by atoms with Crippen LogP contribution in [0.3, 0.4) is 0 Å². The van der Waals surface area contributed by atoms with E-state index < -0.39 is 0 Å². The van der Waals surface area contributed by atoms with E-state index in [2.05, 4.69) is 0 Å². The van der Waals surface area contributed by atoms with E-state index in [1.807, 2.05) is 54.6 Å². The molecule has 2 N–H and O–H groups in total. The van der Waals surface area contributed by atoms with Crippen molar-refractivity contribution in [1.29, 1.82) is 0 Å². The first-order valence-corrected chi connectivity index (χ1v) is 5.74. The zero-order valence-corrected chi connectivity index (χ0v) is 9.80. The summed E-state index contributed by atoms with van der Waals surface area (Å²) >= 11 is 0. The third-order valence-corrected chi connectivity index (χ3v) is 2.80. The Morgan fingerprint density at radius 2 is 1.50 bits per heavy atom. The third-order valence-electron chi connectivity index (χ3n) is 2.80. The van der Waals surface area contributed by atoms with E-state index in [-0.39, 0.29) is 0 Å². The van der Waals surface area contributed by atoms with Crippen LogP contribution in [0.4, 0.5) is 5.69 Å². The lowest BCUT2D eigenvalue weighted by Crippen LogP contribution is -1.92. The van der Waals surface area contributed by atoms with E-state index in [0.717, 1.165) is 28.3 Å². The van der Waals surface area contributed by atoms with Gasteiger partial charge in [-0.05, 0) is 35.4 Å². The van der Waals surface area contributed by atoms with Gasteiger partial charge in [0.25, 0.3) is 0 Å². The molecule has 0 aromatic heterocycles. The lowest BCUT2D eigenvalue weighted by atomic mass is 10.1. The van der Waals surface area contributed by atoms with Gasteiger partial charge in [0, 0.05) is 5.69 Å². The van der Waals surface area contributed by atoms with Crippen LogP contribution in [0.25, 0.3) is 12.2 Å². The summed E-state index contributed by atoms with van der Waals surface area (Å²) in [5, 5.41) is 0. The van der Waals surface area contributed by atoms with Gasteiger partial charge in [-0.15, -0.1) is 0 Å². The summed E-state index contributed by atoms with van der Waals surface area (Å²) in [6, 6.07) is 13.6. The van der Waals surface area contributed by atoms with Crippen LogP contribution in [0.2, 0.25) is 0 Å². The van der Waals surface area contributed by atoms with Gasteiger partial charge >= 0.3 is 0 Å². The van der Waals surface area contributed by atoms with Gasteiger partial charge in [-0.2, -0.15) is 0 Å². The lowest BCUT2D eigenvalue weighted by molar-refractivity contribution is 0.174. The predicted octanol–water partition coefficient (Wildman–Crippen LogP) is 3.17. The van der Waals surface area contributed by atoms with Gasteiger partial charge in [0.2, 0.25) is 6.79 Å². The minimum Gasteiger partial charge on any atom is -0.454 e. The highest BCUT2D eigenvalue weighted by Gasteiger charge is 2.11. The average Bonchev–Trinajstić information content (AvgIpc) is 2.85. The van der Waals surface area contributed by atoms with Crippen molar-refractivity contribution >= 4 is 17.8 Å². The van der Waals surface area contributed by atoms with Crippen molar-refractivity contribution in [2.24, 2.45) is 0 Å². The molecular formula is C15H13NO2. The molecule has 0 unspecified atom stereocenters. The largest absolute Gasteiger partial charge is 0.454 e. The van der Waals surface area contributed by atoms with Crippen LogP contribution in [-0.2, 0) is 0 Å². The number of hydrogen-bond acceptors (Lipinski definition) is 3. The van der Waals surface area contributed by atoms with Crippen LogP contribution in [0.5, 0.6) is 11.5 Å². The highest BCUT2D eigenvalue weighted by molar-refractivity contribution is 5.71. The van der Waals surface area contributed by atoms with Crippen molar-refractivity contribution < 1.29 is 9.47 Å². The maximum Gasteiger partial charge on any atom is 0.231 e. The van der Waals surface area contributed by atoms with E-state index in [1.54, 1.807) is 0 Å². The molecule has 3 heteroatoms. The molecule has 90 valence electrons. The summed E-state index contributed by atoms with van der Waals surface area (Å²) in [5.41, 5.74) is 8.61. The number of ether oxygens (including phenoxy) is 2. The highest BCUT2D eigenvalue weighted by Crippen LogP contribution is 2.32. The number of fused-ring (bicyclic) bond motifs is 1. The van der Waals surface area contributed by atoms with Gasteiger partial charge < -0.3 is 15.2 Å². The Morgan fingerprint density at radius 1 is 0.833 bits per heavy atom. The van der Waals surface area contributed by atoms with Gasteiger partial charge in [-0.3, -0.25) is 0 Å². The van der Waals surface area contributed by atoms with Crippen LogP contribution in [0.1, 0.15) is 11.1 Å². The van der Waals surface area contributed by atoms with Crippen molar-refractivity contribution in [1.82, 2.24) is 0 Å². The first-order chi connectivity index (χ1) is 8.81. The van der Waals surface area contributed by atoms with Crippen LogP contribution < -0.4 is 15.2 Å². The smallest absolute Gasteiger partial charge is 0.231 e. The topological polar surface area (TPSA) is 44.5 Å². The molecule has 0 saturated carbocycles. The molecule has 0 aliphatic carbocycles. The number of nitrogen functional groups attached to an aromatic ring is 1. The van der Waals surface area contributed by atoms with Gasteiger partial charge in [0.1, 0.15) is 0 Å². The van der Waals surface area contributed by atoms with Gasteiger partial charge in [-0.1, -0.05) is 30.4 Å². The number of anilines is 1. The quantitative estimate of drug-likeness (QED) is 0.646. The average molecular weight is 239 g/mol. The zero-order valence-electron chi connectivity index (χ0n) is 9.80. The SMILES string of the molecule is Nc1ccc(C=Cc2ccc3c(c2)OCO3)cc1. The fourth-order valence-electron chi connectivity index (χ4n) is 1.82. The Kier molecular flexibility index (Phi) is 2.65. The summed E-state index contributed by atoms with van der Waals surface area (Å²) in [5.74, 6) is 1.61. The minimum absolute atomic E-state index is 0.306. The Hall–Kier alpha value is -2.42. The third kappa shape index (κ3) is 2.15. The van der Waals surface area contributed by atoms with E-state index in [9.17, 15) is 0 Å². The number of benzene rings is 2. The van der Waals surface area contributed by atoms with Crippen LogP contribution in [-0.4, -0.2) is 6.79 Å². The van der Waals surface area contributed by atoms with Crippen LogP contribution >= 0.6 is 0 Å². The number of nitrogens with two attached hydrogens (primary N) is 1. The molecule has 0 radical (unpaired) electrons. The normalized spacial score (nSPS) is 13.1. The first kappa shape index (κ1) is 10.7. The molecule has 1 aliphatic heterocycles. The zero-order chi connectivity index (χ0) is 12.4. The summed E-state index contributed by atoms with van der Waals surface area (Å²) in [6.07, 6.45) is 4.07. The molecule has 0 amide bonds. The number of hydrogen-bond donors (Lipinski definition) is 1. The molecule has 3 rings (SSSR count). The first-order valence-electron chi connectivity index (χ1n) is 5.74. The maximum atomic E-state index is 5.64. The summed E-state index contributed by atoms with van der Waals surface area (Å²) in [6.45, 7) is 0.306. The molecule has 0 saturated heterocycles. The number of rotatable bonds is 2. The predicted molar refractivity (Wildman–Crippen MR) is 72.3 cm³/mol. The molecule has 2 aromatic carbocycles. The molecule has 0 fully saturated rings. The lowest BCUT2D eigenvalue weighted by Gasteiger charge is -1.98. The summed E-state index contributed by atoms with van der Waals surface area (Å²) in [4.78, 5) is 0. The standard InChI is InChI=1S/C15H13NO2/c16-13-6-3-11(4-7-13)1-2-12-5-8-14-15(9-12)18-10-17-14/h1-9H,10,16H2. The highest BCUT2D eigenvalue weighted by atomic mass is 16.7. The van der Waals surface area contributed by atoms with Crippen molar-refractivity contribution in [3.63, 3.8) is 0 Å². The van der Waals surface area contributed by atoms with E-state index in [0.29, 0.717) is 6.79 Å². The maximum absolute atomic E-state index is 5.64. The molecule has 2 aromatic rings. The van der Waals surface area contributed by atoms with E-state index >= 15 is 0 Å². The summed E-state index contributed by atoms with van der Waals surface area (Å²) in [7, 11) is 0. The van der Waals surface area contributed by atoms with Crippen LogP contribution in [0, 0.1) is 0 Å². The Morgan fingerprint density at radius 3 is 2.33 bits per heavy atom. The monoisotopic (exact) mass is 239 g/mol. The van der Waals surface area contributed by atoms with Gasteiger partial charge in [0.15, 0.2) is 11.5 Å². The van der Waals surface area contributed by atoms with Gasteiger partial charge in [0.05, 0.1) is 0 Å². The molecule has 3 nitrogen and oxygen atoms in total. The minimum atomic E-state index is 0.306. The van der Waals surface area contributed by atoms with Crippen LogP contribution in [0.15, 0.2) is 42.5 Å².